The average Bonchev–Trinajstić information content (AvgIpc) is 2.68. The van der Waals surface area contributed by atoms with Gasteiger partial charge in [-0.2, -0.15) is 0 Å². The first kappa shape index (κ1) is 10.6. The molecule has 0 fully saturated rings. The number of rotatable bonds is 1. The number of nitrogens with one attached hydrogen (secondary N) is 1. The lowest BCUT2D eigenvalue weighted by atomic mass is 10.1. The molecule has 0 saturated carbocycles. The third kappa shape index (κ3) is 1.27. The first-order valence-corrected chi connectivity index (χ1v) is 5.46. The van der Waals surface area contributed by atoms with Crippen LogP contribution in [-0.2, 0) is 0 Å². The monoisotopic (exact) mass is 242 g/mol. The Morgan fingerprint density at radius 2 is 1.94 bits per heavy atom. The molecule has 0 radical (unpaired) electrons. The number of aromatic carboxylic acids is 1. The van der Waals surface area contributed by atoms with E-state index in [1.54, 1.807) is 25.1 Å². The molecule has 0 saturated heterocycles. The zero-order valence-electron chi connectivity index (χ0n) is 9.60. The van der Waals surface area contributed by atoms with E-state index in [1.807, 2.05) is 12.1 Å². The van der Waals surface area contributed by atoms with Crippen LogP contribution >= 0.6 is 0 Å². The van der Waals surface area contributed by atoms with Crippen molar-refractivity contribution in [3.63, 3.8) is 0 Å². The van der Waals surface area contributed by atoms with Crippen LogP contribution in [0.3, 0.4) is 0 Å². The van der Waals surface area contributed by atoms with Crippen molar-refractivity contribution in [2.75, 3.05) is 0 Å². The number of nitrogens with zero attached hydrogens (tertiary/aromatic N) is 1. The van der Waals surface area contributed by atoms with Gasteiger partial charge in [-0.25, -0.2) is 4.79 Å². The second kappa shape index (κ2) is 3.46. The molecule has 90 valence electrons. The van der Waals surface area contributed by atoms with Gasteiger partial charge in [0, 0.05) is 5.39 Å². The molecule has 0 bridgehead atoms. The molecule has 0 aliphatic carbocycles. The first-order chi connectivity index (χ1) is 8.59. The van der Waals surface area contributed by atoms with Gasteiger partial charge in [0.15, 0.2) is 0 Å². The molecule has 0 unspecified atom stereocenters. The summed E-state index contributed by atoms with van der Waals surface area (Å²) < 4.78 is 1.52. The molecule has 3 rings (SSSR count). The van der Waals surface area contributed by atoms with Gasteiger partial charge >= 0.3 is 5.97 Å². The average molecular weight is 242 g/mol. The summed E-state index contributed by atoms with van der Waals surface area (Å²) in [6, 6.07) is 8.71. The molecule has 1 aromatic carbocycles. The summed E-state index contributed by atoms with van der Waals surface area (Å²) in [5, 5.41) is 13.1. The number of carboxylic acids is 1. The summed E-state index contributed by atoms with van der Waals surface area (Å²) in [5.74, 6) is -0.999. The van der Waals surface area contributed by atoms with Gasteiger partial charge in [0.1, 0.15) is 0 Å². The largest absolute Gasteiger partial charge is 0.478 e. The van der Waals surface area contributed by atoms with E-state index >= 15 is 0 Å². The number of aryl methyl sites for hydroxylation is 1. The maximum Gasteiger partial charge on any atom is 0.337 e. The number of H-pyrrole nitrogens is 1. The van der Waals surface area contributed by atoms with Gasteiger partial charge in [0.25, 0.3) is 5.56 Å². The van der Waals surface area contributed by atoms with Gasteiger partial charge in [0.2, 0.25) is 0 Å². The lowest BCUT2D eigenvalue weighted by molar-refractivity contribution is 0.0696. The Balaban J connectivity index is 2.60. The van der Waals surface area contributed by atoms with Crippen LogP contribution in [0, 0.1) is 6.92 Å². The van der Waals surface area contributed by atoms with Crippen molar-refractivity contribution in [1.82, 2.24) is 9.61 Å². The summed E-state index contributed by atoms with van der Waals surface area (Å²) in [5.41, 5.74) is 1.18. The highest BCUT2D eigenvalue weighted by atomic mass is 16.4. The van der Waals surface area contributed by atoms with Crippen LogP contribution in [0.25, 0.3) is 16.3 Å². The first-order valence-electron chi connectivity index (χ1n) is 5.46. The normalized spacial score (nSPS) is 11.2. The molecule has 2 aromatic heterocycles. The highest BCUT2D eigenvalue weighted by Crippen LogP contribution is 2.21. The van der Waals surface area contributed by atoms with Crippen molar-refractivity contribution < 1.29 is 9.90 Å². The fraction of sp³-hybridized carbons (Fsp3) is 0.0769. The summed E-state index contributed by atoms with van der Waals surface area (Å²) in [7, 11) is 0. The minimum atomic E-state index is -0.999. The predicted octanol–water partition coefficient (Wildman–Crippen LogP) is 1.79. The Kier molecular flexibility index (Phi) is 2.04. The Morgan fingerprint density at radius 3 is 2.61 bits per heavy atom. The molecule has 0 atom stereocenters. The van der Waals surface area contributed by atoms with Crippen LogP contribution in [0.1, 0.15) is 16.1 Å². The summed E-state index contributed by atoms with van der Waals surface area (Å²) in [4.78, 5) is 23.0. The van der Waals surface area contributed by atoms with Crippen molar-refractivity contribution in [3.05, 3.63) is 51.9 Å². The highest BCUT2D eigenvalue weighted by molar-refractivity contribution is 5.99. The van der Waals surface area contributed by atoms with E-state index in [0.717, 1.165) is 5.39 Å². The van der Waals surface area contributed by atoms with Gasteiger partial charge in [-0.1, -0.05) is 18.2 Å². The maximum atomic E-state index is 11.9. The SMILES string of the molecule is Cc1c(C(=O)O)cc2c3ccccc3c(=O)[nH]n12. The summed E-state index contributed by atoms with van der Waals surface area (Å²) in [6.45, 7) is 1.67. The standard InChI is InChI=1S/C13H10N2O3/c1-7-10(13(17)18)6-11-8-4-2-3-5-9(8)12(16)14-15(7)11/h2-6H,1H3,(H,14,16)(H,17,18). The lowest BCUT2D eigenvalue weighted by Crippen LogP contribution is -2.12. The molecule has 0 aliphatic heterocycles. The molecule has 3 aromatic rings. The predicted molar refractivity (Wildman–Crippen MR) is 67.2 cm³/mol. The summed E-state index contributed by atoms with van der Waals surface area (Å²) in [6.07, 6.45) is 0. The maximum absolute atomic E-state index is 11.9. The van der Waals surface area contributed by atoms with Crippen LogP contribution in [0.15, 0.2) is 35.1 Å². The number of aromatic amines is 1. The Bertz CT molecular complexity index is 842. The van der Waals surface area contributed by atoms with Crippen molar-refractivity contribution in [2.24, 2.45) is 0 Å². The second-order valence-electron chi connectivity index (χ2n) is 4.16. The quantitative estimate of drug-likeness (QED) is 0.683. The fourth-order valence-electron chi connectivity index (χ4n) is 2.23. The van der Waals surface area contributed by atoms with Crippen molar-refractivity contribution in [1.29, 1.82) is 0 Å². The number of aromatic nitrogens is 2. The van der Waals surface area contributed by atoms with E-state index in [4.69, 9.17) is 5.11 Å². The van der Waals surface area contributed by atoms with Gasteiger partial charge in [0.05, 0.1) is 22.2 Å². The minimum Gasteiger partial charge on any atom is -0.478 e. The van der Waals surface area contributed by atoms with E-state index in [2.05, 4.69) is 5.10 Å². The van der Waals surface area contributed by atoms with Crippen LogP contribution < -0.4 is 5.56 Å². The Labute approximate surface area is 101 Å². The lowest BCUT2D eigenvalue weighted by Gasteiger charge is -2.02. The molecule has 2 N–H and O–H groups in total. The van der Waals surface area contributed by atoms with Gasteiger partial charge in [-0.05, 0) is 19.1 Å². The van der Waals surface area contributed by atoms with E-state index < -0.39 is 5.97 Å². The van der Waals surface area contributed by atoms with Gasteiger partial charge in [-0.15, -0.1) is 0 Å². The smallest absolute Gasteiger partial charge is 0.337 e. The van der Waals surface area contributed by atoms with E-state index in [9.17, 15) is 9.59 Å². The fourth-order valence-corrected chi connectivity index (χ4v) is 2.23. The molecule has 5 heteroatoms. The van der Waals surface area contributed by atoms with Crippen LogP contribution in [-0.4, -0.2) is 20.7 Å². The Morgan fingerprint density at radius 1 is 1.28 bits per heavy atom. The molecule has 18 heavy (non-hydrogen) atoms. The molecular weight excluding hydrogens is 232 g/mol. The number of carbonyl (C=O) groups is 1. The number of fused-ring (bicyclic) bond motifs is 3. The molecule has 0 spiro atoms. The van der Waals surface area contributed by atoms with Gasteiger partial charge < -0.3 is 5.11 Å². The molecule has 0 amide bonds. The Hall–Kier alpha value is -2.56. The van der Waals surface area contributed by atoms with E-state index in [0.29, 0.717) is 16.6 Å². The number of benzene rings is 1. The van der Waals surface area contributed by atoms with E-state index in [-0.39, 0.29) is 11.1 Å². The topological polar surface area (TPSA) is 74.6 Å². The van der Waals surface area contributed by atoms with Crippen LogP contribution in [0.2, 0.25) is 0 Å². The van der Waals surface area contributed by atoms with Gasteiger partial charge in [-0.3, -0.25) is 14.4 Å². The molecular formula is C13H10N2O3. The number of carboxylic acid groups (broad SMARTS) is 1. The minimum absolute atomic E-state index is 0.196. The van der Waals surface area contributed by atoms with Crippen molar-refractivity contribution in [2.45, 2.75) is 6.92 Å². The van der Waals surface area contributed by atoms with Crippen molar-refractivity contribution in [3.8, 4) is 0 Å². The second-order valence-corrected chi connectivity index (χ2v) is 4.16. The summed E-state index contributed by atoms with van der Waals surface area (Å²) >= 11 is 0. The van der Waals surface area contributed by atoms with Crippen molar-refractivity contribution >= 4 is 22.3 Å². The highest BCUT2D eigenvalue weighted by Gasteiger charge is 2.15. The molecule has 0 aliphatic rings. The third-order valence-electron chi connectivity index (χ3n) is 3.14. The molecule has 2 heterocycles. The molecule has 5 nitrogen and oxygen atoms in total. The zero-order chi connectivity index (χ0) is 12.9. The third-order valence-corrected chi connectivity index (χ3v) is 3.14. The number of hydrogen-bond acceptors (Lipinski definition) is 2. The zero-order valence-corrected chi connectivity index (χ0v) is 9.60. The number of hydrogen-bond donors (Lipinski definition) is 2. The van der Waals surface area contributed by atoms with Crippen LogP contribution in [0.5, 0.6) is 0 Å². The van der Waals surface area contributed by atoms with E-state index in [1.165, 1.54) is 4.52 Å². The van der Waals surface area contributed by atoms with Crippen LogP contribution in [0.4, 0.5) is 0 Å².